The van der Waals surface area contributed by atoms with Crippen molar-refractivity contribution in [2.45, 2.75) is 51.4 Å². The van der Waals surface area contributed by atoms with Crippen LogP contribution in [0.4, 0.5) is 0 Å². The molecule has 0 heterocycles. The molecule has 0 aromatic heterocycles. The zero-order valence-corrected chi connectivity index (χ0v) is 16.0. The quantitative estimate of drug-likeness (QED) is 0.196. The maximum absolute atomic E-state index is 12.4. The van der Waals surface area contributed by atoms with E-state index in [0.29, 0.717) is 6.42 Å². The molecule has 150 valence electrons. The van der Waals surface area contributed by atoms with Crippen molar-refractivity contribution >= 4 is 36.3 Å². The van der Waals surface area contributed by atoms with Gasteiger partial charge < -0.3 is 31.9 Å². The van der Waals surface area contributed by atoms with E-state index in [0.717, 1.165) is 0 Å². The van der Waals surface area contributed by atoms with Crippen molar-refractivity contribution in [3.8, 4) is 0 Å². The maximum Gasteiger partial charge on any atom is 0.328 e. The second-order valence-electron chi connectivity index (χ2n) is 5.99. The van der Waals surface area contributed by atoms with Crippen LogP contribution in [0.5, 0.6) is 0 Å². The number of aliphatic hydroxyl groups excluding tert-OH is 1. The number of hydrogen-bond acceptors (Lipinski definition) is 7. The summed E-state index contributed by atoms with van der Waals surface area (Å²) < 4.78 is 0. The van der Waals surface area contributed by atoms with E-state index in [1.807, 2.05) is 0 Å². The molecule has 0 rings (SSSR count). The molecule has 0 aliphatic rings. The summed E-state index contributed by atoms with van der Waals surface area (Å²) in [6, 6.07) is -4.36. The molecule has 11 heteroatoms. The predicted octanol–water partition coefficient (Wildman–Crippen LogP) is -2.16. The highest BCUT2D eigenvalue weighted by Crippen LogP contribution is 2.09. The number of carboxylic acid groups (broad SMARTS) is 1. The van der Waals surface area contributed by atoms with Gasteiger partial charge in [0.2, 0.25) is 17.7 Å². The van der Waals surface area contributed by atoms with Crippen molar-refractivity contribution < 1.29 is 29.4 Å². The van der Waals surface area contributed by atoms with Crippen molar-refractivity contribution in [3.05, 3.63) is 0 Å². The van der Waals surface area contributed by atoms with Gasteiger partial charge in [-0.2, -0.15) is 12.6 Å². The first kappa shape index (κ1) is 24.1. The van der Waals surface area contributed by atoms with Gasteiger partial charge in [0.1, 0.15) is 18.1 Å². The normalized spacial score (nSPS) is 16.5. The molecule has 0 fully saturated rings. The van der Waals surface area contributed by atoms with Crippen LogP contribution in [0.1, 0.15) is 27.2 Å². The summed E-state index contributed by atoms with van der Waals surface area (Å²) >= 11 is 4.02. The van der Waals surface area contributed by atoms with E-state index in [4.69, 9.17) is 15.9 Å². The second-order valence-corrected chi connectivity index (χ2v) is 6.35. The third-order valence-electron chi connectivity index (χ3n) is 3.82. The number of rotatable bonds is 11. The SMILES string of the molecule is CCC(C)C(NC(=O)C(CS)NC(=O)C(C)N)C(=O)NC(CO)C(=O)O. The van der Waals surface area contributed by atoms with Gasteiger partial charge in [-0.1, -0.05) is 20.3 Å². The third-order valence-corrected chi connectivity index (χ3v) is 4.18. The second kappa shape index (κ2) is 11.7. The van der Waals surface area contributed by atoms with Gasteiger partial charge >= 0.3 is 5.97 Å². The molecule has 26 heavy (non-hydrogen) atoms. The van der Waals surface area contributed by atoms with Crippen molar-refractivity contribution in [2.24, 2.45) is 11.7 Å². The molecule has 0 aliphatic carbocycles. The molecule has 0 aromatic rings. The molecular weight excluding hydrogens is 364 g/mol. The number of carbonyl (C=O) groups excluding carboxylic acids is 3. The summed E-state index contributed by atoms with van der Waals surface area (Å²) in [6.07, 6.45) is 0.521. The average molecular weight is 392 g/mol. The summed E-state index contributed by atoms with van der Waals surface area (Å²) in [6.45, 7) is 4.17. The summed E-state index contributed by atoms with van der Waals surface area (Å²) in [5, 5.41) is 25.1. The van der Waals surface area contributed by atoms with Gasteiger partial charge in [-0.25, -0.2) is 4.79 Å². The number of aliphatic hydroxyl groups is 1. The average Bonchev–Trinajstić information content (AvgIpc) is 2.60. The standard InChI is InChI=1S/C15H28N4O6S/c1-4-7(2)11(14(23)17-9(5-20)15(24)25)19-13(22)10(6-26)18-12(21)8(3)16/h7-11,20,26H,4-6,16H2,1-3H3,(H,17,23)(H,18,21)(H,19,22)(H,24,25). The summed E-state index contributed by atoms with van der Waals surface area (Å²) in [7, 11) is 0. The topological polar surface area (TPSA) is 171 Å². The van der Waals surface area contributed by atoms with Crippen molar-refractivity contribution in [1.29, 1.82) is 0 Å². The first-order valence-electron chi connectivity index (χ1n) is 8.20. The Morgan fingerprint density at radius 1 is 1.00 bits per heavy atom. The minimum Gasteiger partial charge on any atom is -0.480 e. The van der Waals surface area contributed by atoms with E-state index < -0.39 is 54.5 Å². The lowest BCUT2D eigenvalue weighted by molar-refractivity contribution is -0.143. The highest BCUT2D eigenvalue weighted by atomic mass is 32.1. The van der Waals surface area contributed by atoms with Crippen molar-refractivity contribution in [3.63, 3.8) is 0 Å². The van der Waals surface area contributed by atoms with Crippen molar-refractivity contribution in [1.82, 2.24) is 16.0 Å². The number of carboxylic acids is 1. The molecule has 0 saturated heterocycles. The van der Waals surface area contributed by atoms with Gasteiger partial charge in [-0.05, 0) is 12.8 Å². The molecule has 0 bridgehead atoms. The third kappa shape index (κ3) is 7.58. The molecule has 0 spiro atoms. The smallest absolute Gasteiger partial charge is 0.328 e. The van der Waals surface area contributed by atoms with Gasteiger partial charge in [0.25, 0.3) is 0 Å². The molecule has 7 N–H and O–H groups in total. The van der Waals surface area contributed by atoms with Gasteiger partial charge in [0.15, 0.2) is 0 Å². The monoisotopic (exact) mass is 392 g/mol. The number of amides is 3. The van der Waals surface area contributed by atoms with Crippen LogP contribution in [-0.4, -0.2) is 70.4 Å². The molecular formula is C15H28N4O6S. The Kier molecular flexibility index (Phi) is 10.9. The van der Waals surface area contributed by atoms with Gasteiger partial charge in [-0.3, -0.25) is 14.4 Å². The summed E-state index contributed by atoms with van der Waals surface area (Å²) in [5.41, 5.74) is 5.44. The molecule has 10 nitrogen and oxygen atoms in total. The lowest BCUT2D eigenvalue weighted by Crippen LogP contribution is -2.59. The zero-order chi connectivity index (χ0) is 20.4. The predicted molar refractivity (Wildman–Crippen MR) is 97.5 cm³/mol. The zero-order valence-electron chi connectivity index (χ0n) is 15.1. The van der Waals surface area contributed by atoms with E-state index in [-0.39, 0.29) is 11.7 Å². The van der Waals surface area contributed by atoms with Gasteiger partial charge in [0.05, 0.1) is 12.6 Å². The number of carbonyl (C=O) groups is 4. The molecule has 5 unspecified atom stereocenters. The van der Waals surface area contributed by atoms with Crippen molar-refractivity contribution in [2.75, 3.05) is 12.4 Å². The molecule has 0 aliphatic heterocycles. The largest absolute Gasteiger partial charge is 0.480 e. The fourth-order valence-corrected chi connectivity index (χ4v) is 2.16. The fraction of sp³-hybridized carbons (Fsp3) is 0.733. The number of hydrogen-bond donors (Lipinski definition) is 7. The van der Waals surface area contributed by atoms with E-state index in [1.54, 1.807) is 13.8 Å². The Balaban J connectivity index is 5.19. The Hall–Kier alpha value is -1.85. The van der Waals surface area contributed by atoms with Crippen LogP contribution in [0.25, 0.3) is 0 Å². The maximum atomic E-state index is 12.4. The van der Waals surface area contributed by atoms with Crippen LogP contribution in [0.15, 0.2) is 0 Å². The van der Waals surface area contributed by atoms with E-state index in [1.165, 1.54) is 6.92 Å². The number of nitrogens with one attached hydrogen (secondary N) is 3. The van der Waals surface area contributed by atoms with Crippen LogP contribution in [-0.2, 0) is 19.2 Å². The number of thiol groups is 1. The van der Waals surface area contributed by atoms with E-state index >= 15 is 0 Å². The number of nitrogens with two attached hydrogens (primary N) is 1. The summed E-state index contributed by atoms with van der Waals surface area (Å²) in [5.74, 6) is -3.68. The van der Waals surface area contributed by atoms with E-state index in [9.17, 15) is 19.2 Å². The minimum atomic E-state index is -1.48. The summed E-state index contributed by atoms with van der Waals surface area (Å²) in [4.78, 5) is 47.4. The van der Waals surface area contributed by atoms with Gasteiger partial charge in [-0.15, -0.1) is 0 Å². The minimum absolute atomic E-state index is 0.0203. The Morgan fingerprint density at radius 2 is 1.54 bits per heavy atom. The Morgan fingerprint density at radius 3 is 1.92 bits per heavy atom. The molecule has 5 atom stereocenters. The molecule has 0 aromatic carbocycles. The molecule has 3 amide bonds. The Bertz CT molecular complexity index is 516. The Labute approximate surface area is 157 Å². The molecule has 0 radical (unpaired) electrons. The first-order chi connectivity index (χ1) is 12.1. The van der Waals surface area contributed by atoms with Crippen LogP contribution in [0.3, 0.4) is 0 Å². The van der Waals surface area contributed by atoms with Gasteiger partial charge in [0, 0.05) is 5.75 Å². The lowest BCUT2D eigenvalue weighted by atomic mass is 9.97. The lowest BCUT2D eigenvalue weighted by Gasteiger charge is -2.27. The van der Waals surface area contributed by atoms with Crippen LogP contribution in [0.2, 0.25) is 0 Å². The van der Waals surface area contributed by atoms with Crippen LogP contribution >= 0.6 is 12.6 Å². The van der Waals surface area contributed by atoms with Crippen LogP contribution < -0.4 is 21.7 Å². The first-order valence-corrected chi connectivity index (χ1v) is 8.83. The fourth-order valence-electron chi connectivity index (χ4n) is 1.90. The highest BCUT2D eigenvalue weighted by Gasteiger charge is 2.31. The number of aliphatic carboxylic acids is 1. The van der Waals surface area contributed by atoms with E-state index in [2.05, 4.69) is 28.6 Å². The van der Waals surface area contributed by atoms with Crippen LogP contribution in [0, 0.1) is 5.92 Å². The highest BCUT2D eigenvalue weighted by molar-refractivity contribution is 7.80. The molecule has 0 saturated carbocycles.